The lowest BCUT2D eigenvalue weighted by atomic mass is 10.3. The van der Waals surface area contributed by atoms with Gasteiger partial charge in [-0.15, -0.1) is 0 Å². The summed E-state index contributed by atoms with van der Waals surface area (Å²) in [7, 11) is -3.41. The van der Waals surface area contributed by atoms with Crippen LogP contribution in [-0.2, 0) is 14.6 Å². The molecule has 0 saturated carbocycles. The third-order valence-corrected chi connectivity index (χ3v) is 4.75. The van der Waals surface area contributed by atoms with Gasteiger partial charge in [0.25, 0.3) is 11.5 Å². The maximum atomic E-state index is 12.4. The predicted octanol–water partition coefficient (Wildman–Crippen LogP) is 2.05. The van der Waals surface area contributed by atoms with Crippen molar-refractivity contribution in [2.45, 2.75) is 18.7 Å². The van der Waals surface area contributed by atoms with Gasteiger partial charge in [-0.1, -0.05) is 18.2 Å². The highest BCUT2D eigenvalue weighted by atomic mass is 35.5. The highest BCUT2D eigenvalue weighted by Crippen LogP contribution is 2.24. The Kier molecular flexibility index (Phi) is 4.73. The number of benzene rings is 1. The molecule has 0 fully saturated rings. The van der Waals surface area contributed by atoms with Crippen LogP contribution in [-0.4, -0.2) is 30.4 Å². The van der Waals surface area contributed by atoms with Crippen LogP contribution in [0.2, 0.25) is 5.02 Å². The molecule has 0 saturated heterocycles. The number of hydrogen-bond acceptors (Lipinski definition) is 4. The molecule has 1 heterocycles. The van der Waals surface area contributed by atoms with E-state index in [0.717, 1.165) is 10.9 Å². The summed E-state index contributed by atoms with van der Waals surface area (Å²) in [6, 6.07) is 4.03. The smallest absolute Gasteiger partial charge is 0.276 e. The van der Waals surface area contributed by atoms with E-state index in [1.54, 1.807) is 13.8 Å². The Morgan fingerprint density at radius 1 is 1.38 bits per heavy atom. The van der Waals surface area contributed by atoms with Crippen molar-refractivity contribution in [3.8, 4) is 5.69 Å². The Bertz CT molecular complexity index is 1000. The Morgan fingerprint density at radius 3 is 2.50 bits per heavy atom. The number of nitrogens with zero attached hydrogens (tertiary/aromatic N) is 1. The normalized spacial score (nSPS) is 11.3. The maximum Gasteiger partial charge on any atom is 0.276 e. The number of carbonyl (C=O) groups excluding carboxylic acids is 1. The van der Waals surface area contributed by atoms with Crippen LogP contribution in [0.25, 0.3) is 5.69 Å². The molecule has 0 bridgehead atoms. The third-order valence-electron chi connectivity index (χ3n) is 3.34. The van der Waals surface area contributed by atoms with E-state index in [2.05, 4.69) is 17.0 Å². The zero-order valence-electron chi connectivity index (χ0n) is 13.3. The minimum absolute atomic E-state index is 0.0448. The summed E-state index contributed by atoms with van der Waals surface area (Å²) in [5.41, 5.74) is 0.431. The van der Waals surface area contributed by atoms with E-state index >= 15 is 0 Å². The maximum absolute atomic E-state index is 12.4. The molecule has 2 rings (SSSR count). The van der Waals surface area contributed by atoms with Crippen LogP contribution in [0.5, 0.6) is 0 Å². The molecule has 1 aromatic heterocycles. The molecule has 0 aliphatic carbocycles. The Hall–Kier alpha value is -2.32. The van der Waals surface area contributed by atoms with Crippen molar-refractivity contribution >= 4 is 33.2 Å². The molecule has 0 unspecified atom stereocenters. The summed E-state index contributed by atoms with van der Waals surface area (Å²) in [6.45, 7) is 6.61. The average Bonchev–Trinajstić information content (AvgIpc) is 2.74. The molecule has 1 amide bonds. The average molecular weight is 370 g/mol. The first kappa shape index (κ1) is 18.0. The molecule has 1 aromatic carbocycles. The quantitative estimate of drug-likeness (QED) is 0.805. The first-order valence-electron chi connectivity index (χ1n) is 6.81. The van der Waals surface area contributed by atoms with Crippen LogP contribution in [0, 0.1) is 6.92 Å². The van der Waals surface area contributed by atoms with Crippen LogP contribution in [0.3, 0.4) is 0 Å². The number of sulfone groups is 1. The van der Waals surface area contributed by atoms with E-state index in [4.69, 9.17) is 11.6 Å². The van der Waals surface area contributed by atoms with Gasteiger partial charge in [-0.25, -0.2) is 13.1 Å². The first-order valence-corrected chi connectivity index (χ1v) is 9.07. The second kappa shape index (κ2) is 6.29. The molecule has 7 nitrogen and oxygen atoms in total. The standard InChI is InChI=1S/C15H16ClN3O4S/c1-8(2)14(20)17-13-9(3)15(21)19(18-13)12-6-5-10(7-11(12)16)24(4,22)23/h5-7,18H,1H2,2-4H3,(H,17,20). The van der Waals surface area contributed by atoms with Gasteiger partial charge in [0, 0.05) is 11.8 Å². The molecule has 0 spiro atoms. The molecule has 0 atom stereocenters. The number of H-pyrrole nitrogens is 1. The summed E-state index contributed by atoms with van der Waals surface area (Å²) in [5.74, 6) is -0.207. The minimum Gasteiger partial charge on any atom is -0.307 e. The highest BCUT2D eigenvalue weighted by molar-refractivity contribution is 7.90. The summed E-state index contributed by atoms with van der Waals surface area (Å²) < 4.78 is 24.2. The van der Waals surface area contributed by atoms with Crippen LogP contribution in [0.15, 0.2) is 40.0 Å². The topological polar surface area (TPSA) is 101 Å². The van der Waals surface area contributed by atoms with Crippen LogP contribution >= 0.6 is 11.6 Å². The lowest BCUT2D eigenvalue weighted by molar-refractivity contribution is -0.112. The Morgan fingerprint density at radius 2 is 2.00 bits per heavy atom. The van der Waals surface area contributed by atoms with E-state index in [0.29, 0.717) is 5.57 Å². The van der Waals surface area contributed by atoms with Gasteiger partial charge in [0.05, 0.1) is 21.2 Å². The SMILES string of the molecule is C=C(C)C(=O)Nc1[nH]n(-c2ccc(S(C)(=O)=O)cc2Cl)c(=O)c1C. The van der Waals surface area contributed by atoms with Crippen molar-refractivity contribution in [3.05, 3.63) is 51.3 Å². The molecule has 0 aliphatic heterocycles. The van der Waals surface area contributed by atoms with Gasteiger partial charge in [-0.2, -0.15) is 0 Å². The van der Waals surface area contributed by atoms with Crippen molar-refractivity contribution in [3.63, 3.8) is 0 Å². The number of rotatable bonds is 4. The Labute approximate surface area is 143 Å². The van der Waals surface area contributed by atoms with E-state index in [1.807, 2.05) is 0 Å². The fraction of sp³-hybridized carbons (Fsp3) is 0.200. The van der Waals surface area contributed by atoms with Crippen LogP contribution in [0.1, 0.15) is 12.5 Å². The molecule has 9 heteroatoms. The summed E-state index contributed by atoms with van der Waals surface area (Å²) in [6.07, 6.45) is 1.06. The number of anilines is 1. The Balaban J connectivity index is 2.53. The van der Waals surface area contributed by atoms with Gasteiger partial charge in [-0.3, -0.25) is 14.7 Å². The summed E-state index contributed by atoms with van der Waals surface area (Å²) in [5, 5.41) is 5.37. The van der Waals surface area contributed by atoms with Crippen molar-refractivity contribution in [2.75, 3.05) is 11.6 Å². The van der Waals surface area contributed by atoms with Crippen LogP contribution < -0.4 is 10.9 Å². The summed E-state index contributed by atoms with van der Waals surface area (Å²) >= 11 is 6.11. The molecule has 24 heavy (non-hydrogen) atoms. The van der Waals surface area contributed by atoms with E-state index in [9.17, 15) is 18.0 Å². The summed E-state index contributed by atoms with van der Waals surface area (Å²) in [4.78, 5) is 24.1. The van der Waals surface area contributed by atoms with Gasteiger partial charge in [-0.05, 0) is 32.0 Å². The second-order valence-electron chi connectivity index (χ2n) is 5.37. The van der Waals surface area contributed by atoms with Gasteiger partial charge in [0.2, 0.25) is 0 Å². The second-order valence-corrected chi connectivity index (χ2v) is 7.80. The fourth-order valence-electron chi connectivity index (χ4n) is 1.93. The number of hydrogen-bond donors (Lipinski definition) is 2. The monoisotopic (exact) mass is 369 g/mol. The number of aromatic amines is 1. The number of nitrogens with one attached hydrogen (secondary N) is 2. The molecular formula is C15H16ClN3O4S. The van der Waals surface area contributed by atoms with Crippen molar-refractivity contribution in [1.29, 1.82) is 0 Å². The van der Waals surface area contributed by atoms with Crippen molar-refractivity contribution < 1.29 is 13.2 Å². The van der Waals surface area contributed by atoms with Crippen molar-refractivity contribution in [1.82, 2.24) is 9.78 Å². The number of carbonyl (C=O) groups is 1. The molecule has 2 N–H and O–H groups in total. The van der Waals surface area contributed by atoms with E-state index in [-0.39, 0.29) is 27.0 Å². The molecule has 0 radical (unpaired) electrons. The minimum atomic E-state index is -3.41. The molecular weight excluding hydrogens is 354 g/mol. The molecule has 128 valence electrons. The highest BCUT2D eigenvalue weighted by Gasteiger charge is 2.17. The van der Waals surface area contributed by atoms with Gasteiger partial charge in [0.1, 0.15) is 5.82 Å². The zero-order valence-corrected chi connectivity index (χ0v) is 14.9. The van der Waals surface area contributed by atoms with E-state index in [1.165, 1.54) is 18.2 Å². The molecule has 0 aliphatic rings. The third kappa shape index (κ3) is 3.44. The first-order chi connectivity index (χ1) is 11.0. The van der Waals surface area contributed by atoms with Crippen molar-refractivity contribution in [2.24, 2.45) is 0 Å². The zero-order chi connectivity index (χ0) is 18.2. The predicted molar refractivity (Wildman–Crippen MR) is 92.7 cm³/mol. The van der Waals surface area contributed by atoms with Gasteiger partial charge < -0.3 is 5.32 Å². The number of halogens is 1. The van der Waals surface area contributed by atoms with Gasteiger partial charge in [0.15, 0.2) is 9.84 Å². The van der Waals surface area contributed by atoms with Crippen LogP contribution in [0.4, 0.5) is 5.82 Å². The van der Waals surface area contributed by atoms with Gasteiger partial charge >= 0.3 is 0 Å². The lowest BCUT2D eigenvalue weighted by Gasteiger charge is -2.07. The largest absolute Gasteiger partial charge is 0.307 e. The fourth-order valence-corrected chi connectivity index (χ4v) is 2.91. The number of amides is 1. The lowest BCUT2D eigenvalue weighted by Crippen LogP contribution is -2.16. The molecule has 2 aromatic rings. The van der Waals surface area contributed by atoms with E-state index < -0.39 is 21.3 Å². The number of aromatic nitrogens is 2.